The number of aliphatic hydroxyl groups excluding tert-OH is 1. The van der Waals surface area contributed by atoms with Gasteiger partial charge in [0.25, 0.3) is 20.2 Å². The van der Waals surface area contributed by atoms with Gasteiger partial charge in [0.15, 0.2) is 5.75 Å². The molecule has 326 valence electrons. The van der Waals surface area contributed by atoms with Gasteiger partial charge in [-0.05, 0) is 108 Å². The van der Waals surface area contributed by atoms with Crippen LogP contribution in [0, 0.1) is 13.8 Å². The normalized spacial score (nSPS) is 12.0. The lowest BCUT2D eigenvalue weighted by Gasteiger charge is -2.22. The summed E-state index contributed by atoms with van der Waals surface area (Å²) in [6, 6.07) is 20.4. The summed E-state index contributed by atoms with van der Waals surface area (Å²) in [5, 5.41) is 39.1. The third-order valence-corrected chi connectivity index (χ3v) is 11.6. The van der Waals surface area contributed by atoms with E-state index in [0.29, 0.717) is 36.1 Å². The SMILES string of the molecule is Cc1ccc(Nc2nc(Cl)nc(N(CCO)CCCNc3nc(Cl)nc(Nc4ccc5c(O)c(/N=N\c6ccc7c(S(=O)(=O)O)cccc7c6C)c(S(=O)(=O)O)cc5c4)n3)n2)cc1. The smallest absolute Gasteiger partial charge is 0.296 e. The second kappa shape index (κ2) is 18.5. The number of aromatic nitrogens is 6. The van der Waals surface area contributed by atoms with Gasteiger partial charge in [0.05, 0.1) is 12.3 Å². The molecule has 0 aliphatic heterocycles. The van der Waals surface area contributed by atoms with E-state index >= 15 is 0 Å². The molecule has 7 N–H and O–H groups in total. The van der Waals surface area contributed by atoms with E-state index in [4.69, 9.17) is 23.2 Å². The topological polar surface area (TPSA) is 291 Å². The summed E-state index contributed by atoms with van der Waals surface area (Å²) in [4.78, 5) is 26.2. The fraction of sp³-hybridized carbons (Fsp3) is 0.179. The number of hydrogen-bond acceptors (Lipinski definition) is 18. The molecule has 0 saturated heterocycles. The molecule has 2 heterocycles. The van der Waals surface area contributed by atoms with Crippen LogP contribution in [0.4, 0.5) is 46.5 Å². The highest BCUT2D eigenvalue weighted by atomic mass is 35.5. The maximum absolute atomic E-state index is 12.6. The number of halogens is 2. The molecule has 0 amide bonds. The van der Waals surface area contributed by atoms with Crippen LogP contribution in [0.5, 0.6) is 5.75 Å². The zero-order chi connectivity index (χ0) is 45.1. The molecule has 7 rings (SSSR count). The van der Waals surface area contributed by atoms with Crippen LogP contribution >= 0.6 is 23.2 Å². The maximum Gasteiger partial charge on any atom is 0.296 e. The van der Waals surface area contributed by atoms with Crippen molar-refractivity contribution in [3.63, 3.8) is 0 Å². The fourth-order valence-corrected chi connectivity index (χ4v) is 8.13. The number of fused-ring (bicyclic) bond motifs is 2. The van der Waals surface area contributed by atoms with Crippen molar-refractivity contribution in [1.29, 1.82) is 0 Å². The van der Waals surface area contributed by atoms with Gasteiger partial charge in [-0.15, -0.1) is 5.11 Å². The Labute approximate surface area is 369 Å². The van der Waals surface area contributed by atoms with Crippen molar-refractivity contribution in [2.45, 2.75) is 30.1 Å². The van der Waals surface area contributed by atoms with E-state index in [-0.39, 0.29) is 74.3 Å². The van der Waals surface area contributed by atoms with Gasteiger partial charge >= 0.3 is 0 Å². The Morgan fingerprint density at radius 3 is 2.05 bits per heavy atom. The molecule has 0 saturated carbocycles. The van der Waals surface area contributed by atoms with Gasteiger partial charge < -0.3 is 31.1 Å². The molecule has 0 fully saturated rings. The highest BCUT2D eigenvalue weighted by molar-refractivity contribution is 7.86. The van der Waals surface area contributed by atoms with Crippen LogP contribution in [0.2, 0.25) is 10.6 Å². The minimum absolute atomic E-state index is 0.0197. The molecule has 0 radical (unpaired) electrons. The summed E-state index contributed by atoms with van der Waals surface area (Å²) >= 11 is 12.5. The quantitative estimate of drug-likeness (QED) is 0.0277. The molecule has 0 atom stereocenters. The number of hydrogen-bond donors (Lipinski definition) is 7. The predicted molar refractivity (Wildman–Crippen MR) is 238 cm³/mol. The number of phenolic OH excluding ortho intramolecular Hbond substituents is 1. The van der Waals surface area contributed by atoms with Crippen LogP contribution in [-0.4, -0.2) is 92.3 Å². The monoisotopic (exact) mass is 934 g/mol. The minimum Gasteiger partial charge on any atom is -0.505 e. The van der Waals surface area contributed by atoms with Crippen molar-refractivity contribution in [3.8, 4) is 5.75 Å². The maximum atomic E-state index is 12.6. The van der Waals surface area contributed by atoms with Crippen LogP contribution in [0.3, 0.4) is 0 Å². The van der Waals surface area contributed by atoms with Gasteiger partial charge in [-0.1, -0.05) is 35.9 Å². The van der Waals surface area contributed by atoms with Crippen LogP contribution in [-0.2, 0) is 20.2 Å². The number of anilines is 6. The van der Waals surface area contributed by atoms with E-state index in [9.17, 15) is 36.2 Å². The highest BCUT2D eigenvalue weighted by Gasteiger charge is 2.23. The molecule has 7 aromatic rings. The predicted octanol–water partition coefficient (Wildman–Crippen LogP) is 7.69. The molecular weight excluding hydrogens is 900 g/mol. The van der Waals surface area contributed by atoms with E-state index in [1.165, 1.54) is 36.4 Å². The first-order valence-electron chi connectivity index (χ1n) is 18.7. The second-order valence-electron chi connectivity index (χ2n) is 13.8. The zero-order valence-corrected chi connectivity index (χ0v) is 36.2. The van der Waals surface area contributed by atoms with E-state index in [0.717, 1.165) is 17.3 Å². The first kappa shape index (κ1) is 44.6. The van der Waals surface area contributed by atoms with Crippen molar-refractivity contribution in [2.24, 2.45) is 10.2 Å². The summed E-state index contributed by atoms with van der Waals surface area (Å²) < 4.78 is 68.8. The number of nitrogens with zero attached hydrogens (tertiary/aromatic N) is 9. The average molecular weight is 936 g/mol. The Hall–Kier alpha value is -6.40. The Kier molecular flexibility index (Phi) is 13.1. The van der Waals surface area contributed by atoms with Gasteiger partial charge in [0.2, 0.25) is 34.4 Å². The summed E-state index contributed by atoms with van der Waals surface area (Å²) in [7, 11) is -9.51. The van der Waals surface area contributed by atoms with Crippen molar-refractivity contribution in [2.75, 3.05) is 47.1 Å². The van der Waals surface area contributed by atoms with Crippen LogP contribution in [0.25, 0.3) is 21.5 Å². The summed E-state index contributed by atoms with van der Waals surface area (Å²) in [5.74, 6) is 0.0415. The molecule has 0 aliphatic carbocycles. The number of benzene rings is 5. The molecule has 24 heteroatoms. The van der Waals surface area contributed by atoms with Crippen LogP contribution in [0.1, 0.15) is 17.5 Å². The number of rotatable bonds is 16. The van der Waals surface area contributed by atoms with Gasteiger partial charge in [0, 0.05) is 41.8 Å². The lowest BCUT2D eigenvalue weighted by atomic mass is 10.0. The van der Waals surface area contributed by atoms with Gasteiger partial charge in [-0.25, -0.2) is 0 Å². The van der Waals surface area contributed by atoms with Gasteiger partial charge in [-0.2, -0.15) is 51.9 Å². The van der Waals surface area contributed by atoms with E-state index in [2.05, 4.69) is 56.1 Å². The highest BCUT2D eigenvalue weighted by Crippen LogP contribution is 2.43. The van der Waals surface area contributed by atoms with E-state index in [1.807, 2.05) is 31.2 Å². The number of nitrogens with one attached hydrogen (secondary N) is 3. The van der Waals surface area contributed by atoms with Crippen LogP contribution < -0.4 is 20.9 Å². The molecule has 63 heavy (non-hydrogen) atoms. The Balaban J connectivity index is 1.06. The summed E-state index contributed by atoms with van der Waals surface area (Å²) in [6.45, 7) is 4.37. The zero-order valence-electron chi connectivity index (χ0n) is 33.1. The number of aromatic hydroxyl groups is 1. The van der Waals surface area contributed by atoms with Crippen molar-refractivity contribution < 1.29 is 36.2 Å². The molecule has 2 aromatic heterocycles. The largest absolute Gasteiger partial charge is 0.505 e. The number of aliphatic hydroxyl groups is 1. The third-order valence-electron chi connectivity index (χ3n) is 9.44. The molecule has 20 nitrogen and oxygen atoms in total. The fourth-order valence-electron chi connectivity index (χ4n) is 6.45. The average Bonchev–Trinajstić information content (AvgIpc) is 3.21. The second-order valence-corrected chi connectivity index (χ2v) is 17.3. The van der Waals surface area contributed by atoms with E-state index < -0.39 is 36.6 Å². The molecule has 0 unspecified atom stereocenters. The third kappa shape index (κ3) is 10.6. The molecule has 0 bridgehead atoms. The van der Waals surface area contributed by atoms with Crippen molar-refractivity contribution in [1.82, 2.24) is 29.9 Å². The Bertz CT molecular complexity index is 3130. The number of phenols is 1. The summed E-state index contributed by atoms with van der Waals surface area (Å²) in [6.07, 6.45) is 0.502. The summed E-state index contributed by atoms with van der Waals surface area (Å²) in [5.41, 5.74) is 2.28. The molecule has 0 aliphatic rings. The lowest BCUT2D eigenvalue weighted by molar-refractivity contribution is 0.301. The first-order valence-corrected chi connectivity index (χ1v) is 22.3. The van der Waals surface area contributed by atoms with Crippen molar-refractivity contribution in [3.05, 3.63) is 101 Å². The number of azo groups is 1. The number of aryl methyl sites for hydroxylation is 2. The lowest BCUT2D eigenvalue weighted by Crippen LogP contribution is -2.31. The molecule has 0 spiro atoms. The Morgan fingerprint density at radius 2 is 1.33 bits per heavy atom. The van der Waals surface area contributed by atoms with Crippen LogP contribution in [0.15, 0.2) is 98.9 Å². The molecule has 5 aromatic carbocycles. The standard InChI is InChI=1S/C39H36Cl2N12O8S2/c1-21-7-9-24(10-8-21)43-38-47-35(41)48-39(50-38)53(17-18-54)16-4-15-42-36-45-34(40)46-37(49-36)44-25-11-12-27-23(19-25)20-31(63(59,60)61)32(33(27)55)52-51-29-14-13-28-26(22(29)2)5-3-6-30(28)62(56,57)58/h3,5-14,19-20,54-55H,4,15-18H2,1-2H3,(H,56,57,58)(H,59,60,61)(H,43,47,48,50)(H2,42,44,45,46,49)/b52-51-. The van der Waals surface area contributed by atoms with Crippen molar-refractivity contribution >= 4 is 112 Å². The van der Waals surface area contributed by atoms with Gasteiger partial charge in [0.1, 0.15) is 15.5 Å². The van der Waals surface area contributed by atoms with E-state index in [1.54, 1.807) is 24.0 Å². The molecular formula is C39H36Cl2N12O8S2. The Morgan fingerprint density at radius 1 is 0.683 bits per heavy atom. The van der Waals surface area contributed by atoms with Gasteiger partial charge in [-0.3, -0.25) is 9.11 Å². The first-order chi connectivity index (χ1) is 30.0. The minimum atomic E-state index is -4.98.